The highest BCUT2D eigenvalue weighted by Gasteiger charge is 1.89. The van der Waals surface area contributed by atoms with Crippen molar-refractivity contribution in [2.75, 3.05) is 0 Å². The summed E-state index contributed by atoms with van der Waals surface area (Å²) >= 11 is 2.23. The Morgan fingerprint density at radius 1 is 1.07 bits per heavy atom. The summed E-state index contributed by atoms with van der Waals surface area (Å²) < 4.78 is 1.13. The Morgan fingerprint density at radius 3 is 2.53 bits per heavy atom. The van der Waals surface area contributed by atoms with E-state index in [9.17, 15) is 0 Å². The maximum absolute atomic E-state index is 4.32. The molecule has 0 fully saturated rings. The van der Waals surface area contributed by atoms with Gasteiger partial charge < -0.3 is 0 Å². The Kier molecular flexibility index (Phi) is 3.45. The highest BCUT2D eigenvalue weighted by Crippen LogP contribution is 2.09. The van der Waals surface area contributed by atoms with Gasteiger partial charge in [-0.2, -0.15) is 0 Å². The van der Waals surface area contributed by atoms with E-state index in [0.717, 1.165) is 15.0 Å². The van der Waals surface area contributed by atoms with E-state index in [1.54, 1.807) is 6.21 Å². The molecule has 1 aromatic carbocycles. The zero-order chi connectivity index (χ0) is 10.5. The van der Waals surface area contributed by atoms with Crippen LogP contribution in [0.1, 0.15) is 5.69 Å². The molecule has 0 aliphatic rings. The number of hydrogen-bond acceptors (Lipinski definition) is 2. The van der Waals surface area contributed by atoms with Crippen LogP contribution in [-0.2, 0) is 0 Å². The molecule has 0 atom stereocenters. The number of rotatable bonds is 2. The van der Waals surface area contributed by atoms with Gasteiger partial charge in [0.15, 0.2) is 0 Å². The van der Waals surface area contributed by atoms with Gasteiger partial charge >= 0.3 is 0 Å². The molecule has 3 heteroatoms. The number of benzene rings is 1. The highest BCUT2D eigenvalue weighted by molar-refractivity contribution is 14.1. The van der Waals surface area contributed by atoms with Crippen LogP contribution in [-0.4, -0.2) is 11.2 Å². The third-order valence-electron chi connectivity index (χ3n) is 1.85. The number of aliphatic imine (C=N–C) groups is 1. The maximum Gasteiger partial charge on any atom is 0.0813 e. The van der Waals surface area contributed by atoms with Crippen molar-refractivity contribution in [1.29, 1.82) is 0 Å². The van der Waals surface area contributed by atoms with Crippen LogP contribution in [0.15, 0.2) is 53.7 Å². The largest absolute Gasteiger partial charge is 0.255 e. The van der Waals surface area contributed by atoms with Crippen molar-refractivity contribution in [1.82, 2.24) is 4.98 Å². The molecule has 0 saturated heterocycles. The highest BCUT2D eigenvalue weighted by atomic mass is 127. The Balaban J connectivity index is 2.15. The Morgan fingerprint density at radius 2 is 1.87 bits per heavy atom. The molecule has 1 aromatic heterocycles. The molecule has 0 unspecified atom stereocenters. The van der Waals surface area contributed by atoms with Gasteiger partial charge in [0, 0.05) is 9.77 Å². The van der Waals surface area contributed by atoms with Crippen LogP contribution in [0.3, 0.4) is 0 Å². The minimum absolute atomic E-state index is 0.874. The van der Waals surface area contributed by atoms with Gasteiger partial charge in [0.25, 0.3) is 0 Å². The molecular weight excluding hydrogens is 299 g/mol. The second-order valence-electron chi connectivity index (χ2n) is 3.00. The minimum Gasteiger partial charge on any atom is -0.255 e. The summed E-state index contributed by atoms with van der Waals surface area (Å²) in [4.78, 5) is 8.55. The zero-order valence-corrected chi connectivity index (χ0v) is 10.1. The normalized spacial score (nSPS) is 10.7. The SMILES string of the molecule is Ic1ccc(C=Nc2ccccc2)nc1. The molecule has 0 aliphatic heterocycles. The second-order valence-corrected chi connectivity index (χ2v) is 4.24. The summed E-state index contributed by atoms with van der Waals surface area (Å²) in [6, 6.07) is 13.8. The summed E-state index contributed by atoms with van der Waals surface area (Å²) in [6.07, 6.45) is 3.60. The predicted octanol–water partition coefficient (Wildman–Crippen LogP) is 3.44. The van der Waals surface area contributed by atoms with E-state index in [2.05, 4.69) is 32.6 Å². The van der Waals surface area contributed by atoms with Crippen molar-refractivity contribution >= 4 is 34.5 Å². The average molecular weight is 308 g/mol. The molecule has 0 amide bonds. The second kappa shape index (κ2) is 5.02. The van der Waals surface area contributed by atoms with E-state index in [-0.39, 0.29) is 0 Å². The first-order chi connectivity index (χ1) is 7.34. The van der Waals surface area contributed by atoms with Gasteiger partial charge in [-0.05, 0) is 46.9 Å². The summed E-state index contributed by atoms with van der Waals surface area (Å²) in [5, 5.41) is 0. The molecule has 2 aromatic rings. The van der Waals surface area contributed by atoms with Crippen LogP contribution >= 0.6 is 22.6 Å². The first kappa shape index (κ1) is 10.3. The van der Waals surface area contributed by atoms with E-state index < -0.39 is 0 Å². The molecule has 2 rings (SSSR count). The van der Waals surface area contributed by atoms with Crippen molar-refractivity contribution in [3.8, 4) is 0 Å². The first-order valence-electron chi connectivity index (χ1n) is 4.55. The van der Waals surface area contributed by atoms with Gasteiger partial charge in [-0.15, -0.1) is 0 Å². The lowest BCUT2D eigenvalue weighted by Crippen LogP contribution is -1.86. The van der Waals surface area contributed by atoms with Crippen molar-refractivity contribution in [3.63, 3.8) is 0 Å². The number of hydrogen-bond donors (Lipinski definition) is 0. The van der Waals surface area contributed by atoms with Gasteiger partial charge in [-0.1, -0.05) is 18.2 Å². The topological polar surface area (TPSA) is 25.2 Å². The average Bonchev–Trinajstić information content (AvgIpc) is 2.30. The molecule has 0 saturated carbocycles. The number of pyridine rings is 1. The number of aromatic nitrogens is 1. The molecule has 0 N–H and O–H groups in total. The predicted molar refractivity (Wildman–Crippen MR) is 70.7 cm³/mol. The van der Waals surface area contributed by atoms with Crippen LogP contribution in [0.4, 0.5) is 5.69 Å². The molecule has 0 spiro atoms. The van der Waals surface area contributed by atoms with Gasteiger partial charge in [0.05, 0.1) is 17.6 Å². The van der Waals surface area contributed by atoms with Crippen LogP contribution < -0.4 is 0 Å². The van der Waals surface area contributed by atoms with E-state index in [0.29, 0.717) is 0 Å². The number of para-hydroxylation sites is 1. The molecule has 15 heavy (non-hydrogen) atoms. The summed E-state index contributed by atoms with van der Waals surface area (Å²) in [5.41, 5.74) is 1.82. The van der Waals surface area contributed by atoms with Crippen LogP contribution in [0.5, 0.6) is 0 Å². The van der Waals surface area contributed by atoms with Crippen LogP contribution in [0.2, 0.25) is 0 Å². The zero-order valence-electron chi connectivity index (χ0n) is 7.97. The van der Waals surface area contributed by atoms with E-state index in [1.807, 2.05) is 48.7 Å². The van der Waals surface area contributed by atoms with Crippen molar-refractivity contribution in [2.45, 2.75) is 0 Å². The molecule has 1 heterocycles. The lowest BCUT2D eigenvalue weighted by Gasteiger charge is -1.93. The van der Waals surface area contributed by atoms with Gasteiger partial charge in [0.1, 0.15) is 0 Å². The quantitative estimate of drug-likeness (QED) is 0.616. The van der Waals surface area contributed by atoms with Crippen LogP contribution in [0.25, 0.3) is 0 Å². The Hall–Kier alpha value is -1.23. The number of nitrogens with zero attached hydrogens (tertiary/aromatic N) is 2. The fourth-order valence-corrected chi connectivity index (χ4v) is 1.44. The van der Waals surface area contributed by atoms with Crippen LogP contribution in [0, 0.1) is 3.57 Å². The van der Waals surface area contributed by atoms with Gasteiger partial charge in [0.2, 0.25) is 0 Å². The van der Waals surface area contributed by atoms with E-state index in [4.69, 9.17) is 0 Å². The monoisotopic (exact) mass is 308 g/mol. The minimum atomic E-state index is 0.874. The Bertz CT molecular complexity index is 449. The third-order valence-corrected chi connectivity index (χ3v) is 2.49. The maximum atomic E-state index is 4.32. The number of halogens is 1. The van der Waals surface area contributed by atoms with Crippen molar-refractivity contribution in [3.05, 3.63) is 57.9 Å². The summed E-state index contributed by atoms with van der Waals surface area (Å²) in [6.45, 7) is 0. The Labute approximate surface area is 102 Å². The fourth-order valence-electron chi connectivity index (χ4n) is 1.12. The fraction of sp³-hybridized carbons (Fsp3) is 0. The van der Waals surface area contributed by atoms with Gasteiger partial charge in [-0.25, -0.2) is 0 Å². The van der Waals surface area contributed by atoms with E-state index >= 15 is 0 Å². The van der Waals surface area contributed by atoms with E-state index in [1.165, 1.54) is 0 Å². The van der Waals surface area contributed by atoms with Crippen molar-refractivity contribution in [2.24, 2.45) is 4.99 Å². The third kappa shape index (κ3) is 3.13. The molecule has 2 nitrogen and oxygen atoms in total. The summed E-state index contributed by atoms with van der Waals surface area (Å²) in [7, 11) is 0. The van der Waals surface area contributed by atoms with Gasteiger partial charge in [-0.3, -0.25) is 9.98 Å². The molecule has 0 radical (unpaired) electrons. The molecule has 0 aliphatic carbocycles. The summed E-state index contributed by atoms with van der Waals surface area (Å²) in [5.74, 6) is 0. The standard InChI is InChI=1S/C12H9IN2/c13-10-6-7-12(14-8-10)9-15-11-4-2-1-3-5-11/h1-9H. The van der Waals surface area contributed by atoms with Crippen molar-refractivity contribution < 1.29 is 0 Å². The smallest absolute Gasteiger partial charge is 0.0813 e. The lowest BCUT2D eigenvalue weighted by atomic mass is 10.3. The molecule has 74 valence electrons. The lowest BCUT2D eigenvalue weighted by molar-refractivity contribution is 1.28. The first-order valence-corrected chi connectivity index (χ1v) is 5.63. The molecule has 0 bridgehead atoms. The molecular formula is C12H9IN2.